The molecule has 7 heteroatoms. The molecule has 1 amide bonds. The Morgan fingerprint density at radius 2 is 1.41 bits per heavy atom. The van der Waals surface area contributed by atoms with Crippen LogP contribution >= 0.6 is 0 Å². The van der Waals surface area contributed by atoms with Gasteiger partial charge in [-0.1, -0.05) is 27.7 Å². The first kappa shape index (κ1) is 27.0. The predicted octanol–water partition coefficient (Wildman–Crippen LogP) is 5.88. The van der Waals surface area contributed by atoms with E-state index in [1.165, 1.54) is 0 Å². The third kappa shape index (κ3) is 5.82. The standard InChI is InChI=1S/C27H37NO6/c1-11-16-14-19(28-24(29)26(2,3)4)21(34-25(30)27(5,6)7)15-18(16)17-12-13-20(31-8)23(33-10)22(17)32-9/h12-15H,11H2,1-10H3,(H,28,29). The van der Waals surface area contributed by atoms with Gasteiger partial charge in [-0.05, 0) is 62.6 Å². The van der Waals surface area contributed by atoms with E-state index >= 15 is 0 Å². The molecule has 0 aliphatic heterocycles. The van der Waals surface area contributed by atoms with E-state index in [9.17, 15) is 9.59 Å². The van der Waals surface area contributed by atoms with Crippen LogP contribution in [0.1, 0.15) is 54.0 Å². The first-order valence-electron chi connectivity index (χ1n) is 11.3. The number of methoxy groups -OCH3 is 3. The highest BCUT2D eigenvalue weighted by atomic mass is 16.5. The largest absolute Gasteiger partial charge is 0.493 e. The molecule has 7 nitrogen and oxygen atoms in total. The number of ether oxygens (including phenoxy) is 4. The average Bonchev–Trinajstić information content (AvgIpc) is 2.77. The number of anilines is 1. The third-order valence-electron chi connectivity index (χ3n) is 5.33. The topological polar surface area (TPSA) is 83.1 Å². The molecule has 0 atom stereocenters. The second-order valence-corrected chi connectivity index (χ2v) is 10.1. The Kier molecular flexibility index (Phi) is 8.24. The van der Waals surface area contributed by atoms with Gasteiger partial charge >= 0.3 is 5.97 Å². The number of hydrogen-bond acceptors (Lipinski definition) is 6. The van der Waals surface area contributed by atoms with Gasteiger partial charge in [0.25, 0.3) is 0 Å². The lowest BCUT2D eigenvalue weighted by molar-refractivity contribution is -0.143. The van der Waals surface area contributed by atoms with Crippen molar-refractivity contribution in [1.82, 2.24) is 0 Å². The maximum Gasteiger partial charge on any atom is 0.316 e. The zero-order valence-corrected chi connectivity index (χ0v) is 22.0. The summed E-state index contributed by atoms with van der Waals surface area (Å²) in [6.45, 7) is 12.8. The zero-order valence-electron chi connectivity index (χ0n) is 22.0. The molecule has 2 rings (SSSR count). The van der Waals surface area contributed by atoms with Crippen LogP contribution in [-0.2, 0) is 16.0 Å². The number of carbonyl (C=O) groups excluding carboxylic acids is 2. The molecule has 0 fully saturated rings. The molecule has 0 unspecified atom stereocenters. The summed E-state index contributed by atoms with van der Waals surface area (Å²) >= 11 is 0. The van der Waals surface area contributed by atoms with E-state index in [0.29, 0.717) is 29.4 Å². The molecule has 0 spiro atoms. The normalized spacial score (nSPS) is 11.6. The number of hydrogen-bond donors (Lipinski definition) is 1. The van der Waals surface area contributed by atoms with Crippen LogP contribution in [0.15, 0.2) is 24.3 Å². The molecule has 0 bridgehead atoms. The second kappa shape index (κ2) is 10.4. The molecule has 0 saturated carbocycles. The van der Waals surface area contributed by atoms with Crippen molar-refractivity contribution >= 4 is 17.6 Å². The van der Waals surface area contributed by atoms with E-state index in [1.54, 1.807) is 54.2 Å². The van der Waals surface area contributed by atoms with E-state index in [0.717, 1.165) is 16.7 Å². The lowest BCUT2D eigenvalue weighted by Crippen LogP contribution is -2.29. The van der Waals surface area contributed by atoms with Crippen molar-refractivity contribution in [3.63, 3.8) is 0 Å². The fourth-order valence-electron chi connectivity index (χ4n) is 3.23. The quantitative estimate of drug-likeness (QED) is 0.401. The lowest BCUT2D eigenvalue weighted by Gasteiger charge is -2.23. The summed E-state index contributed by atoms with van der Waals surface area (Å²) in [6.07, 6.45) is 0.665. The van der Waals surface area contributed by atoms with Gasteiger partial charge < -0.3 is 24.3 Å². The highest BCUT2D eigenvalue weighted by Gasteiger charge is 2.28. The van der Waals surface area contributed by atoms with E-state index in [2.05, 4.69) is 5.32 Å². The van der Waals surface area contributed by atoms with E-state index in [-0.39, 0.29) is 11.7 Å². The highest BCUT2D eigenvalue weighted by Crippen LogP contribution is 2.47. The smallest absolute Gasteiger partial charge is 0.316 e. The van der Waals surface area contributed by atoms with E-state index in [1.807, 2.05) is 39.8 Å². The Morgan fingerprint density at radius 1 is 0.794 bits per heavy atom. The van der Waals surface area contributed by atoms with Crippen molar-refractivity contribution in [3.05, 3.63) is 29.8 Å². The Balaban J connectivity index is 2.79. The van der Waals surface area contributed by atoms with Crippen LogP contribution in [0.4, 0.5) is 5.69 Å². The monoisotopic (exact) mass is 471 g/mol. The summed E-state index contributed by atoms with van der Waals surface area (Å²) in [5.41, 5.74) is 1.58. The number of benzene rings is 2. The highest BCUT2D eigenvalue weighted by molar-refractivity contribution is 5.97. The summed E-state index contributed by atoms with van der Waals surface area (Å²) in [6, 6.07) is 7.29. The molecule has 0 aliphatic carbocycles. The van der Waals surface area contributed by atoms with Gasteiger partial charge in [-0.3, -0.25) is 9.59 Å². The van der Waals surface area contributed by atoms with Crippen LogP contribution in [-0.4, -0.2) is 33.2 Å². The third-order valence-corrected chi connectivity index (χ3v) is 5.33. The summed E-state index contributed by atoms with van der Waals surface area (Å²) in [5.74, 6) is 1.17. The summed E-state index contributed by atoms with van der Waals surface area (Å²) in [7, 11) is 4.67. The van der Waals surface area contributed by atoms with Gasteiger partial charge in [0, 0.05) is 11.0 Å². The molecule has 186 valence electrons. The number of rotatable bonds is 7. The van der Waals surface area contributed by atoms with Gasteiger partial charge in [-0.2, -0.15) is 0 Å². The van der Waals surface area contributed by atoms with Crippen LogP contribution in [0.25, 0.3) is 11.1 Å². The molecule has 0 aromatic heterocycles. The number of carbonyl (C=O) groups is 2. The van der Waals surface area contributed by atoms with Crippen molar-refractivity contribution < 1.29 is 28.5 Å². The first-order valence-corrected chi connectivity index (χ1v) is 11.3. The van der Waals surface area contributed by atoms with Crippen LogP contribution in [0.2, 0.25) is 0 Å². The van der Waals surface area contributed by atoms with Crippen molar-refractivity contribution in [3.8, 4) is 34.1 Å². The van der Waals surface area contributed by atoms with Crippen LogP contribution < -0.4 is 24.3 Å². The summed E-state index contributed by atoms with van der Waals surface area (Å²) < 4.78 is 22.5. The van der Waals surface area contributed by atoms with Crippen LogP contribution in [0.5, 0.6) is 23.0 Å². The molecule has 0 saturated heterocycles. The minimum atomic E-state index is -0.726. The Hall–Kier alpha value is -3.22. The predicted molar refractivity (Wildman–Crippen MR) is 134 cm³/mol. The van der Waals surface area contributed by atoms with Crippen molar-refractivity contribution in [2.45, 2.75) is 54.9 Å². The number of aryl methyl sites for hydroxylation is 1. The maximum atomic E-state index is 12.8. The minimum absolute atomic E-state index is 0.181. The summed E-state index contributed by atoms with van der Waals surface area (Å²) in [4.78, 5) is 25.6. The minimum Gasteiger partial charge on any atom is -0.493 e. The molecule has 2 aromatic rings. The van der Waals surface area contributed by atoms with Gasteiger partial charge in [0.05, 0.1) is 32.4 Å². The van der Waals surface area contributed by atoms with Crippen molar-refractivity contribution in [2.75, 3.05) is 26.6 Å². The van der Waals surface area contributed by atoms with Gasteiger partial charge in [0.2, 0.25) is 11.7 Å². The lowest BCUT2D eigenvalue weighted by atomic mass is 9.93. The molecule has 34 heavy (non-hydrogen) atoms. The van der Waals surface area contributed by atoms with E-state index < -0.39 is 16.8 Å². The van der Waals surface area contributed by atoms with Crippen LogP contribution in [0.3, 0.4) is 0 Å². The Labute approximate surface area is 202 Å². The molecular formula is C27H37NO6. The van der Waals surface area contributed by atoms with Crippen LogP contribution in [0, 0.1) is 10.8 Å². The fourth-order valence-corrected chi connectivity index (χ4v) is 3.23. The van der Waals surface area contributed by atoms with Gasteiger partial charge in [-0.15, -0.1) is 0 Å². The molecule has 0 aliphatic rings. The number of esters is 1. The van der Waals surface area contributed by atoms with E-state index in [4.69, 9.17) is 18.9 Å². The van der Waals surface area contributed by atoms with Gasteiger partial charge in [0.1, 0.15) is 0 Å². The molecule has 1 N–H and O–H groups in total. The second-order valence-electron chi connectivity index (χ2n) is 10.1. The number of nitrogens with one attached hydrogen (secondary N) is 1. The Morgan fingerprint density at radius 3 is 1.88 bits per heavy atom. The number of amides is 1. The van der Waals surface area contributed by atoms with Gasteiger partial charge in [0.15, 0.2) is 17.2 Å². The zero-order chi connectivity index (χ0) is 25.8. The van der Waals surface area contributed by atoms with Crippen molar-refractivity contribution in [2.24, 2.45) is 10.8 Å². The molecule has 0 radical (unpaired) electrons. The molecule has 0 heterocycles. The summed E-state index contributed by atoms with van der Waals surface area (Å²) in [5, 5.41) is 2.94. The first-order chi connectivity index (χ1) is 15.8. The SMILES string of the molecule is CCc1cc(NC(=O)C(C)(C)C)c(OC(=O)C(C)(C)C)cc1-c1ccc(OC)c(OC)c1OC. The maximum absolute atomic E-state index is 12.8. The fraction of sp³-hybridized carbons (Fsp3) is 0.481. The Bertz CT molecular complexity index is 1060. The molecular weight excluding hydrogens is 434 g/mol. The molecule has 2 aromatic carbocycles. The average molecular weight is 472 g/mol. The van der Waals surface area contributed by atoms with Crippen molar-refractivity contribution in [1.29, 1.82) is 0 Å². The van der Waals surface area contributed by atoms with Gasteiger partial charge in [-0.25, -0.2) is 0 Å².